The molecule has 33 heavy (non-hydrogen) atoms. The molecule has 0 N–H and O–H groups in total. The minimum atomic E-state index is -1.26. The molecule has 0 amide bonds. The van der Waals surface area contributed by atoms with Gasteiger partial charge >= 0.3 is 23.9 Å². The Morgan fingerprint density at radius 3 is 2.09 bits per heavy atom. The van der Waals surface area contributed by atoms with E-state index < -0.39 is 71.4 Å². The third-order valence-electron chi connectivity index (χ3n) is 5.03. The van der Waals surface area contributed by atoms with E-state index in [4.69, 9.17) is 33.2 Å². The Morgan fingerprint density at radius 1 is 0.879 bits per heavy atom. The van der Waals surface area contributed by atoms with E-state index in [1.165, 1.54) is 6.92 Å². The molecule has 2 bridgehead atoms. The average Bonchev–Trinajstić information content (AvgIpc) is 3.14. The Balaban J connectivity index is 1.91. The highest BCUT2D eigenvalue weighted by Gasteiger charge is 2.54. The molecule has 0 unspecified atom stereocenters. The number of ether oxygens (including phenoxy) is 7. The summed E-state index contributed by atoms with van der Waals surface area (Å²) in [6.07, 6.45) is -5.91. The second kappa shape index (κ2) is 10.8. The molecule has 3 aliphatic rings. The van der Waals surface area contributed by atoms with Crippen LogP contribution in [0.2, 0.25) is 0 Å². The van der Waals surface area contributed by atoms with Gasteiger partial charge in [0, 0.05) is 34.1 Å². The molecule has 8 atom stereocenters. The lowest BCUT2D eigenvalue weighted by Crippen LogP contribution is -2.62. The zero-order valence-electron chi connectivity index (χ0n) is 18.5. The number of thioether (sulfide) groups is 1. The van der Waals surface area contributed by atoms with Gasteiger partial charge in [0.05, 0.1) is 11.9 Å². The second-order valence-electron chi connectivity index (χ2n) is 7.74. The van der Waals surface area contributed by atoms with Gasteiger partial charge in [0.1, 0.15) is 24.3 Å². The molecule has 3 heterocycles. The average molecular weight is 490 g/mol. The van der Waals surface area contributed by atoms with Crippen LogP contribution in [-0.2, 0) is 57.1 Å². The first-order valence-electron chi connectivity index (χ1n) is 10.3. The van der Waals surface area contributed by atoms with Crippen molar-refractivity contribution >= 4 is 41.4 Å². The Labute approximate surface area is 193 Å². The molecule has 184 valence electrons. The molecule has 3 fully saturated rings. The zero-order chi connectivity index (χ0) is 24.3. The lowest BCUT2D eigenvalue weighted by Gasteiger charge is -2.45. The van der Waals surface area contributed by atoms with Gasteiger partial charge in [-0.3, -0.25) is 24.0 Å². The molecule has 0 radical (unpaired) electrons. The second-order valence-corrected chi connectivity index (χ2v) is 9.08. The lowest BCUT2D eigenvalue weighted by atomic mass is 9.99. The van der Waals surface area contributed by atoms with Crippen LogP contribution in [0.25, 0.3) is 0 Å². The number of carbonyl (C=O) groups excluding carboxylic acids is 5. The van der Waals surface area contributed by atoms with Gasteiger partial charge in [-0.1, -0.05) is 0 Å². The number of hydrogen-bond acceptors (Lipinski definition) is 13. The summed E-state index contributed by atoms with van der Waals surface area (Å²) in [5.41, 5.74) is -0.993. The first-order chi connectivity index (χ1) is 15.5. The summed E-state index contributed by atoms with van der Waals surface area (Å²) >= 11 is 1.10. The van der Waals surface area contributed by atoms with Crippen molar-refractivity contribution in [1.82, 2.24) is 0 Å². The number of fused-ring (bicyclic) bond motifs is 2. The molecule has 0 aliphatic carbocycles. The van der Waals surface area contributed by atoms with Crippen LogP contribution in [0.15, 0.2) is 0 Å². The number of esters is 4. The largest absolute Gasteiger partial charge is 0.463 e. The normalized spacial score (nSPS) is 35.5. The van der Waals surface area contributed by atoms with Gasteiger partial charge in [0.15, 0.2) is 30.4 Å². The highest BCUT2D eigenvalue weighted by molar-refractivity contribution is 8.00. The Morgan fingerprint density at radius 2 is 1.48 bits per heavy atom. The van der Waals surface area contributed by atoms with E-state index in [1.54, 1.807) is 0 Å². The number of rotatable bonds is 7. The van der Waals surface area contributed by atoms with Gasteiger partial charge in [-0.25, -0.2) is 0 Å². The van der Waals surface area contributed by atoms with Crippen molar-refractivity contribution in [2.45, 2.75) is 81.6 Å². The molecule has 12 nitrogen and oxygen atoms in total. The fourth-order valence-corrected chi connectivity index (χ4v) is 5.24. The fraction of sp³-hybridized carbons (Fsp3) is 0.750. The SMILES string of the molecule is CC(=O)OC[C@H]1O[C@@H](S[C@@H]2CC(=O)[C@H]3CO[C@@H]2O3)[C@H](OC(C)=O)[C@@H](OC(C)=O)[C@@H]1OC(C)=O. The summed E-state index contributed by atoms with van der Waals surface area (Å²) in [6, 6.07) is 0. The van der Waals surface area contributed by atoms with Gasteiger partial charge in [0.25, 0.3) is 0 Å². The first-order valence-corrected chi connectivity index (χ1v) is 11.2. The third kappa shape index (κ3) is 6.43. The summed E-state index contributed by atoms with van der Waals surface area (Å²) in [7, 11) is 0. The monoisotopic (exact) mass is 490 g/mol. The van der Waals surface area contributed by atoms with Crippen LogP contribution < -0.4 is 0 Å². The van der Waals surface area contributed by atoms with Gasteiger partial charge in [0.2, 0.25) is 0 Å². The first kappa shape index (κ1) is 25.4. The van der Waals surface area contributed by atoms with E-state index in [0.717, 1.165) is 32.5 Å². The van der Waals surface area contributed by atoms with Crippen molar-refractivity contribution < 1.29 is 57.1 Å². The smallest absolute Gasteiger partial charge is 0.303 e. The van der Waals surface area contributed by atoms with E-state index in [9.17, 15) is 24.0 Å². The van der Waals surface area contributed by atoms with Gasteiger partial charge < -0.3 is 33.2 Å². The molecule has 3 saturated heterocycles. The quantitative estimate of drug-likeness (QED) is 0.345. The van der Waals surface area contributed by atoms with E-state index in [2.05, 4.69) is 0 Å². The summed E-state index contributed by atoms with van der Waals surface area (Å²) in [5.74, 6) is -2.86. The number of Topliss-reactive ketones (excluding diaryl/α,β-unsaturated/α-hetero) is 1. The Hall–Kier alpha value is -2.22. The van der Waals surface area contributed by atoms with Crippen LogP contribution in [0.1, 0.15) is 34.1 Å². The highest BCUT2D eigenvalue weighted by Crippen LogP contribution is 2.41. The number of ketones is 1. The Bertz CT molecular complexity index is 800. The molecule has 3 rings (SSSR count). The van der Waals surface area contributed by atoms with Crippen LogP contribution in [0.4, 0.5) is 0 Å². The van der Waals surface area contributed by atoms with Crippen molar-refractivity contribution in [1.29, 1.82) is 0 Å². The van der Waals surface area contributed by atoms with Gasteiger partial charge in [-0.15, -0.1) is 11.8 Å². The van der Waals surface area contributed by atoms with Crippen LogP contribution in [0, 0.1) is 0 Å². The van der Waals surface area contributed by atoms with Crippen LogP contribution in [0.3, 0.4) is 0 Å². The molecular formula is C20H26O12S. The summed E-state index contributed by atoms with van der Waals surface area (Å²) < 4.78 is 38.4. The van der Waals surface area contributed by atoms with Crippen molar-refractivity contribution in [3.05, 3.63) is 0 Å². The van der Waals surface area contributed by atoms with E-state index in [1.807, 2.05) is 0 Å². The van der Waals surface area contributed by atoms with Crippen LogP contribution in [0.5, 0.6) is 0 Å². The van der Waals surface area contributed by atoms with Crippen molar-refractivity contribution in [2.75, 3.05) is 13.2 Å². The molecule has 0 aromatic rings. The minimum absolute atomic E-state index is 0.132. The molecule has 0 aromatic heterocycles. The fourth-order valence-electron chi connectivity index (χ4n) is 3.80. The van der Waals surface area contributed by atoms with Gasteiger partial charge in [-0.05, 0) is 0 Å². The van der Waals surface area contributed by atoms with Crippen LogP contribution in [-0.4, -0.2) is 90.4 Å². The maximum Gasteiger partial charge on any atom is 0.303 e. The predicted molar refractivity (Wildman–Crippen MR) is 108 cm³/mol. The number of carbonyl (C=O) groups is 5. The highest BCUT2D eigenvalue weighted by atomic mass is 32.2. The molecule has 3 aliphatic heterocycles. The summed E-state index contributed by atoms with van der Waals surface area (Å²) in [6.45, 7) is 4.48. The maximum atomic E-state index is 12.3. The maximum absolute atomic E-state index is 12.3. The van der Waals surface area contributed by atoms with E-state index >= 15 is 0 Å². The molecule has 0 saturated carbocycles. The van der Waals surface area contributed by atoms with Crippen LogP contribution >= 0.6 is 11.8 Å². The third-order valence-corrected chi connectivity index (χ3v) is 6.42. The number of hydrogen-bond donors (Lipinski definition) is 0. The molecule has 13 heteroatoms. The predicted octanol–water partition coefficient (Wildman–Crippen LogP) is -0.114. The zero-order valence-corrected chi connectivity index (χ0v) is 19.4. The standard InChI is InChI=1S/C20H26O12S/c1-8(21)26-7-14-16(28-9(2)22)17(29-10(3)23)18(30-11(4)24)20(32-14)33-15-5-12(25)13-6-27-19(15)31-13/h13-20H,5-7H2,1-4H3/t13-,14-,15-,16-,17+,18-,19-,20+/m1/s1. The minimum Gasteiger partial charge on any atom is -0.463 e. The van der Waals surface area contributed by atoms with Crippen molar-refractivity contribution in [3.8, 4) is 0 Å². The van der Waals surface area contributed by atoms with Crippen molar-refractivity contribution in [3.63, 3.8) is 0 Å². The lowest BCUT2D eigenvalue weighted by molar-refractivity contribution is -0.237. The van der Waals surface area contributed by atoms with E-state index in [0.29, 0.717) is 0 Å². The van der Waals surface area contributed by atoms with Gasteiger partial charge in [-0.2, -0.15) is 0 Å². The molecule has 0 spiro atoms. The van der Waals surface area contributed by atoms with E-state index in [-0.39, 0.29) is 25.4 Å². The van der Waals surface area contributed by atoms with Crippen molar-refractivity contribution in [2.24, 2.45) is 0 Å². The summed E-state index contributed by atoms with van der Waals surface area (Å²) in [5, 5.41) is -0.503. The topological polar surface area (TPSA) is 150 Å². The molecule has 0 aromatic carbocycles. The molecular weight excluding hydrogens is 464 g/mol. The summed E-state index contributed by atoms with van der Waals surface area (Å²) in [4.78, 5) is 59.2. The Kier molecular flexibility index (Phi) is 8.32.